The predicted molar refractivity (Wildman–Crippen MR) is 102 cm³/mol. The number of nitrogens with zero attached hydrogens (tertiary/aromatic N) is 2. The molecule has 2 saturated heterocycles. The minimum Gasteiger partial charge on any atom is -0.492 e. The van der Waals surface area contributed by atoms with Crippen LogP contribution in [-0.2, 0) is 9.53 Å². The number of benzene rings is 1. The van der Waals surface area contributed by atoms with E-state index < -0.39 is 0 Å². The third-order valence-corrected chi connectivity index (χ3v) is 4.94. The molecular formula is C19H28N4O3. The zero-order valence-corrected chi connectivity index (χ0v) is 15.6. The zero-order chi connectivity index (χ0) is 18.4. The molecule has 7 nitrogen and oxygen atoms in total. The van der Waals surface area contributed by atoms with Crippen LogP contribution >= 0.6 is 0 Å². The molecule has 0 aromatic heterocycles. The molecule has 1 unspecified atom stereocenters. The van der Waals surface area contributed by atoms with Gasteiger partial charge in [0.25, 0.3) is 0 Å². The van der Waals surface area contributed by atoms with E-state index in [1.165, 1.54) is 13.3 Å². The van der Waals surface area contributed by atoms with Crippen LogP contribution in [0.3, 0.4) is 0 Å². The molecule has 7 heteroatoms. The Morgan fingerprint density at radius 3 is 3.04 bits per heavy atom. The number of amides is 1. The number of ether oxygens (including phenoxy) is 2. The van der Waals surface area contributed by atoms with E-state index in [1.807, 2.05) is 31.3 Å². The van der Waals surface area contributed by atoms with E-state index in [-0.39, 0.29) is 5.91 Å². The Morgan fingerprint density at radius 1 is 1.42 bits per heavy atom. The molecule has 0 aliphatic carbocycles. The number of rotatable bonds is 5. The summed E-state index contributed by atoms with van der Waals surface area (Å²) >= 11 is 0. The monoisotopic (exact) mass is 360 g/mol. The number of hydrogen-bond acceptors (Lipinski definition) is 4. The van der Waals surface area contributed by atoms with Crippen LogP contribution in [0, 0.1) is 5.41 Å². The highest BCUT2D eigenvalue weighted by Gasteiger charge is 2.42. The molecule has 2 aliphatic heterocycles. The minimum atomic E-state index is -0.0938. The fourth-order valence-electron chi connectivity index (χ4n) is 3.62. The molecule has 0 bridgehead atoms. The number of likely N-dealkylation sites (tertiary alicyclic amines) is 1. The van der Waals surface area contributed by atoms with Crippen LogP contribution in [0.15, 0.2) is 29.3 Å². The lowest BCUT2D eigenvalue weighted by Crippen LogP contribution is -2.42. The van der Waals surface area contributed by atoms with E-state index >= 15 is 0 Å². The average molecular weight is 360 g/mol. The molecular weight excluding hydrogens is 332 g/mol. The second-order valence-corrected chi connectivity index (χ2v) is 7.01. The summed E-state index contributed by atoms with van der Waals surface area (Å²) < 4.78 is 11.4. The first-order valence-electron chi connectivity index (χ1n) is 9.14. The van der Waals surface area contributed by atoms with E-state index in [0.29, 0.717) is 18.6 Å². The van der Waals surface area contributed by atoms with Crippen molar-refractivity contribution in [2.75, 3.05) is 51.8 Å². The Labute approximate surface area is 154 Å². The Balaban J connectivity index is 1.43. The van der Waals surface area contributed by atoms with Gasteiger partial charge in [0.1, 0.15) is 12.4 Å². The Morgan fingerprint density at radius 2 is 2.31 bits per heavy atom. The lowest BCUT2D eigenvalue weighted by Gasteiger charge is -2.25. The van der Waals surface area contributed by atoms with Crippen LogP contribution < -0.4 is 15.4 Å². The van der Waals surface area contributed by atoms with Gasteiger partial charge in [0.05, 0.1) is 13.2 Å². The van der Waals surface area contributed by atoms with Crippen molar-refractivity contribution >= 4 is 17.6 Å². The van der Waals surface area contributed by atoms with Gasteiger partial charge in [-0.1, -0.05) is 6.07 Å². The number of guanidine groups is 1. The van der Waals surface area contributed by atoms with Gasteiger partial charge in [-0.3, -0.25) is 9.79 Å². The first-order valence-corrected chi connectivity index (χ1v) is 9.14. The Kier molecular flexibility index (Phi) is 5.98. The summed E-state index contributed by atoms with van der Waals surface area (Å²) in [6.45, 7) is 6.44. The number of hydrogen-bond donors (Lipinski definition) is 2. The highest BCUT2D eigenvalue weighted by atomic mass is 16.5. The van der Waals surface area contributed by atoms with Gasteiger partial charge in [0.15, 0.2) is 5.96 Å². The summed E-state index contributed by atoms with van der Waals surface area (Å²) in [6.07, 6.45) is 2.31. The topological polar surface area (TPSA) is 75.2 Å². The normalized spacial score (nSPS) is 22.7. The van der Waals surface area contributed by atoms with Crippen molar-refractivity contribution in [1.82, 2.24) is 10.2 Å². The van der Waals surface area contributed by atoms with E-state index in [0.717, 1.165) is 50.1 Å². The van der Waals surface area contributed by atoms with Crippen LogP contribution in [0.5, 0.6) is 5.75 Å². The van der Waals surface area contributed by atoms with Crippen molar-refractivity contribution in [3.8, 4) is 5.75 Å². The van der Waals surface area contributed by atoms with Gasteiger partial charge in [-0.05, 0) is 25.0 Å². The van der Waals surface area contributed by atoms with Gasteiger partial charge in [-0.15, -0.1) is 0 Å². The van der Waals surface area contributed by atoms with Crippen LogP contribution in [0.4, 0.5) is 5.69 Å². The van der Waals surface area contributed by atoms with Gasteiger partial charge in [0.2, 0.25) is 5.91 Å². The standard InChI is InChI=1S/C19H28N4O3/c1-15(24)22-16-4-3-5-17(12-16)26-11-8-21-18(20-2)23-9-6-19(13-23)7-10-25-14-19/h3-5,12H,6-11,13-14H2,1-2H3,(H,20,21)(H,22,24). The molecule has 1 atom stereocenters. The van der Waals surface area contributed by atoms with Crippen LogP contribution in [0.2, 0.25) is 0 Å². The molecule has 2 aliphatic rings. The smallest absolute Gasteiger partial charge is 0.221 e. The first-order chi connectivity index (χ1) is 12.6. The number of aliphatic imine (C=N–C) groups is 1. The molecule has 2 heterocycles. The van der Waals surface area contributed by atoms with Crippen molar-refractivity contribution in [1.29, 1.82) is 0 Å². The summed E-state index contributed by atoms with van der Waals surface area (Å²) in [5.74, 6) is 1.56. The molecule has 0 radical (unpaired) electrons. The van der Waals surface area contributed by atoms with E-state index in [1.54, 1.807) is 0 Å². The maximum Gasteiger partial charge on any atom is 0.221 e. The molecule has 2 N–H and O–H groups in total. The summed E-state index contributed by atoms with van der Waals surface area (Å²) in [6, 6.07) is 7.40. The van der Waals surface area contributed by atoms with Crippen molar-refractivity contribution in [2.45, 2.75) is 19.8 Å². The van der Waals surface area contributed by atoms with Crippen molar-refractivity contribution in [3.05, 3.63) is 24.3 Å². The largest absolute Gasteiger partial charge is 0.492 e. The highest BCUT2D eigenvalue weighted by Crippen LogP contribution is 2.38. The van der Waals surface area contributed by atoms with E-state index in [2.05, 4.69) is 20.5 Å². The molecule has 26 heavy (non-hydrogen) atoms. The first kappa shape index (κ1) is 18.5. The van der Waals surface area contributed by atoms with Gasteiger partial charge >= 0.3 is 0 Å². The van der Waals surface area contributed by atoms with Gasteiger partial charge in [-0.25, -0.2) is 0 Å². The summed E-state index contributed by atoms with van der Waals surface area (Å²) in [5, 5.41) is 6.13. The Bertz CT molecular complexity index is 656. The van der Waals surface area contributed by atoms with Crippen molar-refractivity contribution in [2.24, 2.45) is 10.4 Å². The number of nitrogens with one attached hydrogen (secondary N) is 2. The average Bonchev–Trinajstić information content (AvgIpc) is 3.25. The van der Waals surface area contributed by atoms with Crippen LogP contribution in [-0.4, -0.2) is 63.3 Å². The summed E-state index contributed by atoms with van der Waals surface area (Å²) in [7, 11) is 1.82. The van der Waals surface area contributed by atoms with Gasteiger partial charge < -0.3 is 25.0 Å². The minimum absolute atomic E-state index is 0.0938. The quantitative estimate of drug-likeness (QED) is 0.475. The molecule has 0 saturated carbocycles. The molecule has 1 aromatic rings. The fourth-order valence-corrected chi connectivity index (χ4v) is 3.62. The number of carbonyl (C=O) groups is 1. The second kappa shape index (κ2) is 8.40. The maximum atomic E-state index is 11.1. The van der Waals surface area contributed by atoms with Crippen LogP contribution in [0.1, 0.15) is 19.8 Å². The van der Waals surface area contributed by atoms with E-state index in [4.69, 9.17) is 9.47 Å². The lowest BCUT2D eigenvalue weighted by molar-refractivity contribution is -0.114. The summed E-state index contributed by atoms with van der Waals surface area (Å²) in [5.41, 5.74) is 1.05. The molecule has 1 spiro atoms. The number of anilines is 1. The van der Waals surface area contributed by atoms with Crippen LogP contribution in [0.25, 0.3) is 0 Å². The van der Waals surface area contributed by atoms with E-state index in [9.17, 15) is 4.79 Å². The fraction of sp³-hybridized carbons (Fsp3) is 0.579. The SMILES string of the molecule is CN=C(NCCOc1cccc(NC(C)=O)c1)N1CCC2(CCOC2)C1. The second-order valence-electron chi connectivity index (χ2n) is 7.01. The Hall–Kier alpha value is -2.28. The van der Waals surface area contributed by atoms with Crippen molar-refractivity contribution < 1.29 is 14.3 Å². The molecule has 1 amide bonds. The molecule has 1 aromatic carbocycles. The lowest BCUT2D eigenvalue weighted by atomic mass is 9.87. The van der Waals surface area contributed by atoms with Crippen molar-refractivity contribution in [3.63, 3.8) is 0 Å². The third-order valence-electron chi connectivity index (χ3n) is 4.94. The molecule has 142 valence electrons. The highest BCUT2D eigenvalue weighted by molar-refractivity contribution is 5.88. The zero-order valence-electron chi connectivity index (χ0n) is 15.6. The molecule has 3 rings (SSSR count). The van der Waals surface area contributed by atoms with Gasteiger partial charge in [-0.2, -0.15) is 0 Å². The predicted octanol–water partition coefficient (Wildman–Crippen LogP) is 1.71. The number of carbonyl (C=O) groups excluding carboxylic acids is 1. The molecule has 2 fully saturated rings. The third kappa shape index (κ3) is 4.66. The summed E-state index contributed by atoms with van der Waals surface area (Å²) in [4.78, 5) is 17.8. The maximum absolute atomic E-state index is 11.1. The van der Waals surface area contributed by atoms with Gasteiger partial charge in [0, 0.05) is 50.8 Å².